The van der Waals surface area contributed by atoms with Gasteiger partial charge in [0.2, 0.25) is 0 Å². The molecule has 0 aromatic rings. The van der Waals surface area contributed by atoms with Crippen LogP contribution in [-0.2, 0) is 32.7 Å². The number of phosphoric ester groups is 1. The van der Waals surface area contributed by atoms with E-state index < -0.39 is 32.5 Å². The van der Waals surface area contributed by atoms with Gasteiger partial charge in [0.1, 0.15) is 19.8 Å². The lowest BCUT2D eigenvalue weighted by atomic mass is 10.1. The van der Waals surface area contributed by atoms with Crippen molar-refractivity contribution >= 4 is 19.8 Å². The van der Waals surface area contributed by atoms with Crippen LogP contribution in [0, 0.1) is 0 Å². The first-order valence-electron chi connectivity index (χ1n) is 36.5. The van der Waals surface area contributed by atoms with Gasteiger partial charge in [-0.25, -0.2) is 4.57 Å². The monoisotopic (exact) mass is 1310 g/mol. The predicted octanol–water partition coefficient (Wildman–Crippen LogP) is 24.4. The number of nitrogens with zero attached hydrogens (tertiary/aromatic N) is 1. The molecule has 0 heterocycles. The van der Waals surface area contributed by atoms with Gasteiger partial charge in [-0.3, -0.25) is 18.6 Å². The lowest BCUT2D eigenvalue weighted by Gasteiger charge is -2.24. The minimum atomic E-state index is -4.42. The molecule has 0 saturated heterocycles. The number of unbranched alkanes of at least 4 members (excludes halogenated alkanes) is 14. The van der Waals surface area contributed by atoms with E-state index in [0.29, 0.717) is 23.9 Å². The highest BCUT2D eigenvalue weighted by Gasteiger charge is 2.27. The molecular weight excluding hydrogens is 1180 g/mol. The second-order valence-corrected chi connectivity index (χ2v) is 26.0. The van der Waals surface area contributed by atoms with Crippen LogP contribution >= 0.6 is 7.82 Å². The zero-order chi connectivity index (χ0) is 68.3. The number of phosphoric acid groups is 1. The third-order valence-corrected chi connectivity index (χ3v) is 15.5. The number of likely N-dealkylation sites (N-methyl/N-ethyl adjacent to an activating group) is 1. The normalized spacial score (nSPS) is 14.4. The van der Waals surface area contributed by atoms with Gasteiger partial charge in [-0.15, -0.1) is 0 Å². The number of carbonyl (C=O) groups is 2. The summed E-state index contributed by atoms with van der Waals surface area (Å²) in [6.45, 7) is 4.15. The molecule has 1 N–H and O–H groups in total. The van der Waals surface area contributed by atoms with Crippen molar-refractivity contribution in [1.29, 1.82) is 0 Å². The van der Waals surface area contributed by atoms with E-state index >= 15 is 0 Å². The van der Waals surface area contributed by atoms with Crippen molar-refractivity contribution in [2.45, 2.75) is 251 Å². The lowest BCUT2D eigenvalue weighted by Crippen LogP contribution is -2.37. The quantitative estimate of drug-likeness (QED) is 0.0211. The average molecular weight is 1320 g/mol. The maximum Gasteiger partial charge on any atom is 0.472 e. The first kappa shape index (κ1) is 88.3. The van der Waals surface area contributed by atoms with Crippen LogP contribution in [0.25, 0.3) is 0 Å². The third kappa shape index (κ3) is 75.4. The van der Waals surface area contributed by atoms with Crippen LogP contribution in [0.4, 0.5) is 0 Å². The van der Waals surface area contributed by atoms with Gasteiger partial charge >= 0.3 is 19.8 Å². The summed E-state index contributed by atoms with van der Waals surface area (Å²) in [5.74, 6) is -0.843. The number of ether oxygens (including phenoxy) is 2. The van der Waals surface area contributed by atoms with Crippen LogP contribution < -0.4 is 0 Å². The van der Waals surface area contributed by atoms with Gasteiger partial charge in [-0.05, 0) is 154 Å². The number of hydrogen-bond acceptors (Lipinski definition) is 7. The SMILES string of the molecule is CC/C=C\C/C=C\C/C=C\C/C=C\C/C=C\C/C=C\C/C=C\C/C=C\C/C=C\CCCCCCCCCCCC(=O)OC(COC(=O)CCCCCCC/C=C\C/C=C\C/C=C\C/C=C\C/C=C\C/C=C\C/C=C\C/C=C\C/C=C\CC)COP(=O)(O)OCC[N+](C)(C)C. The van der Waals surface area contributed by atoms with Gasteiger partial charge in [-0.2, -0.15) is 0 Å². The molecule has 2 unspecified atom stereocenters. The Balaban J connectivity index is 4.19. The maximum atomic E-state index is 12.9. The summed E-state index contributed by atoms with van der Waals surface area (Å²) in [6.07, 6.45) is 115. The summed E-state index contributed by atoms with van der Waals surface area (Å²) in [7, 11) is 1.43. The number of rotatable bonds is 64. The van der Waals surface area contributed by atoms with Gasteiger partial charge in [0.25, 0.3) is 0 Å². The van der Waals surface area contributed by atoms with Crippen molar-refractivity contribution in [2.24, 2.45) is 0 Å². The van der Waals surface area contributed by atoms with E-state index in [1.54, 1.807) is 0 Å². The highest BCUT2D eigenvalue weighted by Crippen LogP contribution is 2.43. The first-order chi connectivity index (χ1) is 46.0. The van der Waals surface area contributed by atoms with Gasteiger partial charge < -0.3 is 18.9 Å². The van der Waals surface area contributed by atoms with Gasteiger partial charge in [0, 0.05) is 12.8 Å². The van der Waals surface area contributed by atoms with E-state index in [9.17, 15) is 19.0 Å². The molecule has 94 heavy (non-hydrogen) atoms. The number of quaternary nitrogens is 1. The maximum absolute atomic E-state index is 12.9. The summed E-state index contributed by atoms with van der Waals surface area (Å²) < 4.78 is 34.7. The van der Waals surface area contributed by atoms with Crippen molar-refractivity contribution in [3.05, 3.63) is 219 Å². The second kappa shape index (κ2) is 71.6. The summed E-state index contributed by atoms with van der Waals surface area (Å²) in [6, 6.07) is 0. The standard InChI is InChI=1S/C84H132NO8P/c1-6-8-10-12-14-16-18-20-22-24-26-28-30-32-34-36-38-40-41-42-43-45-47-49-51-53-55-57-59-61-63-65-67-69-71-73-75-77-84(87)93-82(81-92-94(88,89)91-79-78-85(3,4)5)80-90-83(86)76-74-72-70-68-66-64-62-60-58-56-54-52-50-48-46-44-39-37-35-33-31-29-27-25-23-21-19-17-15-13-11-9-7-2/h8-11,14-17,20-23,26-29,32-35,38-40,42-44,47-50,53-56,60,62,82H,6-7,12-13,18-19,24-25,30-31,36-37,41,45-46,51-52,57-59,61,63-81H2,1-5H3/p+1/b10-8-,11-9-,16-14-,17-15-,22-20-,23-21-,28-26-,29-27-,34-32-,35-33-,40-38-,43-42-,44-39-,49-47-,50-48-,55-53-,56-54-,62-60-. The molecule has 0 radical (unpaired) electrons. The van der Waals surface area contributed by atoms with Crippen LogP contribution in [0.1, 0.15) is 245 Å². The molecule has 10 heteroatoms. The molecule has 0 bridgehead atoms. The number of carbonyl (C=O) groups excluding carboxylic acids is 2. The fraction of sp³-hybridized carbons (Fsp3) is 0.548. The molecule has 526 valence electrons. The van der Waals surface area contributed by atoms with Crippen molar-refractivity contribution in [2.75, 3.05) is 47.5 Å². The van der Waals surface area contributed by atoms with E-state index in [0.717, 1.165) is 173 Å². The number of hydrogen-bond donors (Lipinski definition) is 1. The van der Waals surface area contributed by atoms with Gasteiger partial charge in [0.15, 0.2) is 6.10 Å². The van der Waals surface area contributed by atoms with Crippen LogP contribution in [0.5, 0.6) is 0 Å². The molecular formula is C84H133NO8P+. The van der Waals surface area contributed by atoms with E-state index in [2.05, 4.69) is 233 Å². The fourth-order valence-corrected chi connectivity index (χ4v) is 9.74. The summed E-state index contributed by atoms with van der Waals surface area (Å²) in [5.41, 5.74) is 0. The van der Waals surface area contributed by atoms with Crippen molar-refractivity contribution < 1.29 is 42.1 Å². The molecule has 0 aromatic carbocycles. The Kier molecular flexibility index (Phi) is 67.3. The molecule has 9 nitrogen and oxygen atoms in total. The van der Waals surface area contributed by atoms with Crippen molar-refractivity contribution in [3.8, 4) is 0 Å². The Morgan fingerprint density at radius 1 is 0.330 bits per heavy atom. The topological polar surface area (TPSA) is 108 Å². The van der Waals surface area contributed by atoms with Crippen LogP contribution in [0.2, 0.25) is 0 Å². The van der Waals surface area contributed by atoms with Crippen LogP contribution in [0.15, 0.2) is 219 Å². The molecule has 0 rings (SSSR count). The van der Waals surface area contributed by atoms with Crippen LogP contribution in [-0.4, -0.2) is 74.9 Å². The summed E-state index contributed by atoms with van der Waals surface area (Å²) in [5, 5.41) is 0. The minimum Gasteiger partial charge on any atom is -0.462 e. The van der Waals surface area contributed by atoms with E-state index in [-0.39, 0.29) is 26.1 Å². The van der Waals surface area contributed by atoms with E-state index in [4.69, 9.17) is 18.5 Å². The molecule has 0 fully saturated rings. The molecule has 0 aliphatic heterocycles. The minimum absolute atomic E-state index is 0.0146. The van der Waals surface area contributed by atoms with Crippen LogP contribution in [0.3, 0.4) is 0 Å². The molecule has 0 saturated carbocycles. The van der Waals surface area contributed by atoms with Gasteiger partial charge in [-0.1, -0.05) is 297 Å². The lowest BCUT2D eigenvalue weighted by molar-refractivity contribution is -0.870. The second-order valence-electron chi connectivity index (χ2n) is 24.5. The highest BCUT2D eigenvalue weighted by atomic mass is 31.2. The Morgan fingerprint density at radius 3 is 0.851 bits per heavy atom. The zero-order valence-corrected chi connectivity index (χ0v) is 60.7. The molecule has 0 aromatic heterocycles. The molecule has 0 aliphatic rings. The Hall–Kier alpha value is -5.67. The fourth-order valence-electron chi connectivity index (χ4n) is 9.00. The van der Waals surface area contributed by atoms with Crippen molar-refractivity contribution in [3.63, 3.8) is 0 Å². The summed E-state index contributed by atoms with van der Waals surface area (Å²) >= 11 is 0. The largest absolute Gasteiger partial charge is 0.472 e. The molecule has 0 spiro atoms. The first-order valence-corrected chi connectivity index (χ1v) is 38.0. The average Bonchev–Trinajstić information content (AvgIpc) is 1.56. The predicted molar refractivity (Wildman–Crippen MR) is 408 cm³/mol. The third-order valence-electron chi connectivity index (χ3n) is 14.5. The van der Waals surface area contributed by atoms with Crippen molar-refractivity contribution in [1.82, 2.24) is 0 Å². The Labute approximate surface area is 576 Å². The molecule has 0 amide bonds. The highest BCUT2D eigenvalue weighted by molar-refractivity contribution is 7.47. The Bertz CT molecular complexity index is 2390. The molecule has 2 atom stereocenters. The van der Waals surface area contributed by atoms with Gasteiger partial charge in [0.05, 0.1) is 27.7 Å². The zero-order valence-electron chi connectivity index (χ0n) is 59.8. The van der Waals surface area contributed by atoms with E-state index in [1.165, 1.54) is 32.1 Å². The Morgan fingerprint density at radius 2 is 0.574 bits per heavy atom. The number of esters is 2. The smallest absolute Gasteiger partial charge is 0.462 e. The molecule has 0 aliphatic carbocycles. The number of allylic oxidation sites excluding steroid dienone is 36. The summed E-state index contributed by atoms with van der Waals surface area (Å²) in [4.78, 5) is 35.9. The van der Waals surface area contributed by atoms with E-state index in [1.807, 2.05) is 21.1 Å².